The third-order valence-electron chi connectivity index (χ3n) is 7.41. The summed E-state index contributed by atoms with van der Waals surface area (Å²) in [6, 6.07) is 16.9. The number of anilines is 1. The molecule has 2 aromatic heterocycles. The summed E-state index contributed by atoms with van der Waals surface area (Å²) in [5.74, 6) is 0.540. The minimum Gasteiger partial charge on any atom is -0.438 e. The van der Waals surface area contributed by atoms with Gasteiger partial charge in [-0.3, -0.25) is 9.59 Å². The number of hydrogen-bond donors (Lipinski definition) is 1. The third kappa shape index (κ3) is 4.66. The maximum atomic E-state index is 13.5. The normalized spacial score (nSPS) is 16.3. The highest BCUT2D eigenvalue weighted by Crippen LogP contribution is 2.52. The molecule has 2 aliphatic rings. The van der Waals surface area contributed by atoms with E-state index in [0.717, 1.165) is 42.6 Å². The fraction of sp³-hybridized carbons (Fsp3) is 0.276. The maximum absolute atomic E-state index is 13.5. The fourth-order valence-electron chi connectivity index (χ4n) is 5.33. The van der Waals surface area contributed by atoms with Crippen molar-refractivity contribution in [3.05, 3.63) is 81.8 Å². The quantitative estimate of drug-likeness (QED) is 0.304. The molecule has 2 aromatic carbocycles. The van der Waals surface area contributed by atoms with E-state index in [9.17, 15) is 9.59 Å². The van der Waals surface area contributed by atoms with E-state index < -0.39 is 5.41 Å². The average Bonchev–Trinajstić information content (AvgIpc) is 3.66. The number of nitrogens with zero attached hydrogens (tertiary/aromatic N) is 4. The van der Waals surface area contributed by atoms with Crippen molar-refractivity contribution in [2.75, 3.05) is 18.4 Å². The van der Waals surface area contributed by atoms with Crippen LogP contribution in [-0.2, 0) is 4.79 Å². The van der Waals surface area contributed by atoms with Crippen LogP contribution in [-0.4, -0.2) is 45.0 Å². The Hall–Kier alpha value is -3.82. The molecule has 0 aliphatic carbocycles. The Kier molecular flexibility index (Phi) is 6.56. The molecule has 6 rings (SSSR count). The second-order valence-electron chi connectivity index (χ2n) is 10.3. The molecule has 198 valence electrons. The molecule has 4 heterocycles. The number of fused-ring (bicyclic) bond motifs is 2. The summed E-state index contributed by atoms with van der Waals surface area (Å²) in [5.41, 5.74) is 4.34. The summed E-state index contributed by atoms with van der Waals surface area (Å²) in [4.78, 5) is 33.0. The second-order valence-corrected chi connectivity index (χ2v) is 11.5. The van der Waals surface area contributed by atoms with Gasteiger partial charge in [-0.25, -0.2) is 4.98 Å². The van der Waals surface area contributed by atoms with E-state index in [1.807, 2.05) is 61.2 Å². The topological polar surface area (TPSA) is 97.3 Å². The highest BCUT2D eigenvalue weighted by Gasteiger charge is 2.44. The molecule has 1 N–H and O–H groups in total. The molecule has 39 heavy (non-hydrogen) atoms. The lowest BCUT2D eigenvalue weighted by atomic mass is 9.69. The van der Waals surface area contributed by atoms with Crippen LogP contribution in [0.15, 0.2) is 60.1 Å². The van der Waals surface area contributed by atoms with Crippen molar-refractivity contribution in [2.24, 2.45) is 5.41 Å². The Bertz CT molecular complexity index is 1570. The molecule has 0 spiro atoms. The van der Waals surface area contributed by atoms with E-state index in [4.69, 9.17) is 21.3 Å². The van der Waals surface area contributed by atoms with E-state index in [-0.39, 0.29) is 17.7 Å². The van der Waals surface area contributed by atoms with Crippen molar-refractivity contribution >= 4 is 39.9 Å². The van der Waals surface area contributed by atoms with Gasteiger partial charge in [0, 0.05) is 35.7 Å². The first-order chi connectivity index (χ1) is 18.8. The van der Waals surface area contributed by atoms with Gasteiger partial charge in [-0.05, 0) is 37.1 Å². The largest absolute Gasteiger partial charge is 0.438 e. The molecule has 0 saturated carbocycles. The smallest absolute Gasteiger partial charge is 0.255 e. The van der Waals surface area contributed by atoms with Gasteiger partial charge in [-0.1, -0.05) is 67.1 Å². The van der Waals surface area contributed by atoms with Gasteiger partial charge in [0.25, 0.3) is 5.91 Å². The van der Waals surface area contributed by atoms with E-state index in [0.29, 0.717) is 33.0 Å². The number of nitrogens with one attached hydrogen (secondary N) is 1. The van der Waals surface area contributed by atoms with Gasteiger partial charge in [-0.15, -0.1) is 10.2 Å². The molecule has 4 aromatic rings. The van der Waals surface area contributed by atoms with Crippen molar-refractivity contribution in [1.29, 1.82) is 0 Å². The first-order valence-corrected chi connectivity index (χ1v) is 14.0. The second kappa shape index (κ2) is 10.1. The first-order valence-electron chi connectivity index (χ1n) is 12.8. The zero-order chi connectivity index (χ0) is 27.1. The van der Waals surface area contributed by atoms with Crippen molar-refractivity contribution in [3.8, 4) is 22.9 Å². The Morgan fingerprint density at radius 1 is 1.08 bits per heavy atom. The number of aromatic nitrogens is 3. The van der Waals surface area contributed by atoms with Crippen LogP contribution in [0.4, 0.5) is 5.13 Å². The van der Waals surface area contributed by atoms with Crippen LogP contribution >= 0.6 is 22.9 Å². The molecular formula is C29H26ClN5O3S. The van der Waals surface area contributed by atoms with Gasteiger partial charge >= 0.3 is 0 Å². The molecule has 2 aliphatic heterocycles. The standard InChI is InChI=1S/C29H26ClN5O3S/c1-29(2,27(37)33-28-34-31-16-39-28)24-19-7-3-4-8-23(19)38-25-20(24)11-12-22(32-25)17-9-10-18(21(30)15-17)26(36)35-13-5-6-14-35/h3-4,7-12,15-16,24H,5-6,13-14H2,1-2H3,(H,33,34,37)/t24-/m0/s1. The molecule has 8 nitrogen and oxygen atoms in total. The summed E-state index contributed by atoms with van der Waals surface area (Å²) in [5, 5.41) is 11.5. The number of rotatable bonds is 5. The number of carbonyl (C=O) groups excluding carboxylic acids is 2. The zero-order valence-electron chi connectivity index (χ0n) is 21.5. The number of halogens is 1. The monoisotopic (exact) mass is 559 g/mol. The third-order valence-corrected chi connectivity index (χ3v) is 8.33. The molecule has 0 bridgehead atoms. The highest BCUT2D eigenvalue weighted by molar-refractivity contribution is 7.13. The number of pyridine rings is 1. The number of ether oxygens (including phenoxy) is 1. The minimum absolute atomic E-state index is 0.0423. The van der Waals surface area contributed by atoms with E-state index in [2.05, 4.69) is 15.5 Å². The van der Waals surface area contributed by atoms with Crippen molar-refractivity contribution in [1.82, 2.24) is 20.1 Å². The lowest BCUT2D eigenvalue weighted by molar-refractivity contribution is -0.124. The molecular weight excluding hydrogens is 534 g/mol. The van der Waals surface area contributed by atoms with Crippen LogP contribution in [0.3, 0.4) is 0 Å². The average molecular weight is 560 g/mol. The highest BCUT2D eigenvalue weighted by atomic mass is 35.5. The fourth-order valence-corrected chi connectivity index (χ4v) is 6.03. The Balaban J connectivity index is 1.35. The summed E-state index contributed by atoms with van der Waals surface area (Å²) < 4.78 is 6.25. The van der Waals surface area contributed by atoms with E-state index in [1.165, 1.54) is 11.3 Å². The molecule has 1 saturated heterocycles. The SMILES string of the molecule is CC(C)(C(=O)Nc1nncs1)[C@H]1c2ccccc2Oc2nc(-c3ccc(C(=O)N4CCCC4)c(Cl)c3)ccc21. The zero-order valence-corrected chi connectivity index (χ0v) is 23.1. The number of likely N-dealkylation sites (tertiary alicyclic amines) is 1. The van der Waals surface area contributed by atoms with Crippen molar-refractivity contribution < 1.29 is 14.3 Å². The molecule has 0 radical (unpaired) electrons. The first kappa shape index (κ1) is 25.5. The molecule has 1 fully saturated rings. The predicted octanol–water partition coefficient (Wildman–Crippen LogP) is 6.39. The molecule has 0 unspecified atom stereocenters. The maximum Gasteiger partial charge on any atom is 0.255 e. The van der Waals surface area contributed by atoms with Gasteiger partial charge in [0.2, 0.25) is 16.9 Å². The van der Waals surface area contributed by atoms with Crippen LogP contribution in [0, 0.1) is 5.41 Å². The molecule has 1 atom stereocenters. The van der Waals surface area contributed by atoms with Crippen molar-refractivity contribution in [3.63, 3.8) is 0 Å². The number of amides is 2. The predicted molar refractivity (Wildman–Crippen MR) is 150 cm³/mol. The van der Waals surface area contributed by atoms with Gasteiger partial charge in [0.1, 0.15) is 11.3 Å². The number of carbonyl (C=O) groups is 2. The lowest BCUT2D eigenvalue weighted by Crippen LogP contribution is -2.38. The Morgan fingerprint density at radius 2 is 1.87 bits per heavy atom. The summed E-state index contributed by atoms with van der Waals surface area (Å²) in [6.45, 7) is 5.34. The molecule has 2 amide bonds. The minimum atomic E-state index is -0.871. The van der Waals surface area contributed by atoms with Crippen molar-refractivity contribution in [2.45, 2.75) is 32.6 Å². The Morgan fingerprint density at radius 3 is 2.62 bits per heavy atom. The van der Waals surface area contributed by atoms with Crippen LogP contribution in [0.25, 0.3) is 11.3 Å². The Labute approximate surface area is 235 Å². The molecule has 10 heteroatoms. The van der Waals surface area contributed by atoms with Crippen LogP contribution < -0.4 is 10.1 Å². The lowest BCUT2D eigenvalue weighted by Gasteiger charge is -2.37. The van der Waals surface area contributed by atoms with Gasteiger partial charge < -0.3 is 15.0 Å². The van der Waals surface area contributed by atoms with Crippen LogP contribution in [0.2, 0.25) is 5.02 Å². The summed E-state index contributed by atoms with van der Waals surface area (Å²) in [6.07, 6.45) is 2.04. The number of hydrogen-bond acceptors (Lipinski definition) is 7. The summed E-state index contributed by atoms with van der Waals surface area (Å²) >= 11 is 7.85. The summed E-state index contributed by atoms with van der Waals surface area (Å²) in [7, 11) is 0. The van der Waals surface area contributed by atoms with E-state index in [1.54, 1.807) is 17.6 Å². The van der Waals surface area contributed by atoms with E-state index >= 15 is 0 Å². The number of para-hydroxylation sites is 1. The van der Waals surface area contributed by atoms with Gasteiger partial charge in [0.15, 0.2) is 0 Å². The van der Waals surface area contributed by atoms with Gasteiger partial charge in [0.05, 0.1) is 21.7 Å². The van der Waals surface area contributed by atoms with Crippen LogP contribution in [0.1, 0.15) is 54.1 Å². The number of benzene rings is 2. The van der Waals surface area contributed by atoms with Crippen LogP contribution in [0.5, 0.6) is 11.6 Å². The van der Waals surface area contributed by atoms with Gasteiger partial charge in [-0.2, -0.15) is 0 Å².